The highest BCUT2D eigenvalue weighted by molar-refractivity contribution is 5.77. The van der Waals surface area contributed by atoms with E-state index in [1.54, 1.807) is 6.33 Å². The standard InChI is InChI=1S/C20H22N2O4/c1-13-5-17-18(6-14(13)2)22(11-21-17)8-16(23)10-24-9-15-3-4-19-20(7-15)26-12-25-19/h3-7,11,16,23H,8-10,12H2,1-2H3/t16-/m1/s1. The van der Waals surface area contributed by atoms with E-state index in [0.717, 1.165) is 28.1 Å². The first kappa shape index (κ1) is 16.9. The molecule has 1 N–H and O–H groups in total. The second-order valence-electron chi connectivity index (χ2n) is 6.68. The lowest BCUT2D eigenvalue weighted by atomic mass is 10.1. The summed E-state index contributed by atoms with van der Waals surface area (Å²) >= 11 is 0. The van der Waals surface area contributed by atoms with Gasteiger partial charge < -0.3 is 23.9 Å². The molecule has 1 aliphatic rings. The van der Waals surface area contributed by atoms with Crippen molar-refractivity contribution in [3.63, 3.8) is 0 Å². The van der Waals surface area contributed by atoms with Crippen molar-refractivity contribution < 1.29 is 19.3 Å². The number of aromatic nitrogens is 2. The van der Waals surface area contributed by atoms with Crippen LogP contribution in [-0.2, 0) is 17.9 Å². The lowest BCUT2D eigenvalue weighted by molar-refractivity contribution is 0.0208. The Morgan fingerprint density at radius 1 is 1.15 bits per heavy atom. The van der Waals surface area contributed by atoms with Gasteiger partial charge >= 0.3 is 0 Å². The quantitative estimate of drug-likeness (QED) is 0.737. The van der Waals surface area contributed by atoms with Crippen LogP contribution in [0, 0.1) is 13.8 Å². The number of fused-ring (bicyclic) bond motifs is 2. The van der Waals surface area contributed by atoms with Gasteiger partial charge in [-0.05, 0) is 54.8 Å². The summed E-state index contributed by atoms with van der Waals surface area (Å²) in [5, 5.41) is 10.3. The van der Waals surface area contributed by atoms with Gasteiger partial charge in [0.2, 0.25) is 6.79 Å². The van der Waals surface area contributed by atoms with E-state index < -0.39 is 6.10 Å². The molecule has 1 atom stereocenters. The van der Waals surface area contributed by atoms with Crippen LogP contribution in [0.1, 0.15) is 16.7 Å². The first-order valence-electron chi connectivity index (χ1n) is 8.66. The number of hydrogen-bond acceptors (Lipinski definition) is 5. The van der Waals surface area contributed by atoms with Gasteiger partial charge in [0.25, 0.3) is 0 Å². The third-order valence-electron chi connectivity index (χ3n) is 4.66. The molecule has 1 aromatic heterocycles. The fourth-order valence-corrected chi connectivity index (χ4v) is 3.08. The van der Waals surface area contributed by atoms with E-state index in [0.29, 0.717) is 13.2 Å². The van der Waals surface area contributed by atoms with Crippen molar-refractivity contribution in [3.05, 3.63) is 53.3 Å². The monoisotopic (exact) mass is 354 g/mol. The summed E-state index contributed by atoms with van der Waals surface area (Å²) in [6.45, 7) is 5.52. The van der Waals surface area contributed by atoms with Gasteiger partial charge in [-0.15, -0.1) is 0 Å². The van der Waals surface area contributed by atoms with Crippen molar-refractivity contribution in [1.29, 1.82) is 0 Å². The smallest absolute Gasteiger partial charge is 0.231 e. The molecule has 3 aromatic rings. The zero-order valence-electron chi connectivity index (χ0n) is 14.9. The Balaban J connectivity index is 1.34. The Bertz CT molecular complexity index is 935. The number of ether oxygens (including phenoxy) is 3. The van der Waals surface area contributed by atoms with Gasteiger partial charge in [0.15, 0.2) is 11.5 Å². The van der Waals surface area contributed by atoms with E-state index in [4.69, 9.17) is 14.2 Å². The number of hydrogen-bond donors (Lipinski definition) is 1. The van der Waals surface area contributed by atoms with Crippen LogP contribution in [-0.4, -0.2) is 34.2 Å². The van der Waals surface area contributed by atoms with E-state index in [1.165, 1.54) is 11.1 Å². The Kier molecular flexibility index (Phi) is 4.53. The van der Waals surface area contributed by atoms with E-state index >= 15 is 0 Å². The first-order valence-corrected chi connectivity index (χ1v) is 8.66. The molecule has 0 fully saturated rings. The number of nitrogens with zero attached hydrogens (tertiary/aromatic N) is 2. The van der Waals surface area contributed by atoms with Crippen LogP contribution >= 0.6 is 0 Å². The van der Waals surface area contributed by atoms with Crippen molar-refractivity contribution in [3.8, 4) is 11.5 Å². The van der Waals surface area contributed by atoms with Gasteiger partial charge in [0, 0.05) is 0 Å². The number of aliphatic hydroxyl groups is 1. The number of aliphatic hydroxyl groups excluding tert-OH is 1. The number of imidazole rings is 1. The lowest BCUT2D eigenvalue weighted by Gasteiger charge is -2.13. The molecule has 0 amide bonds. The van der Waals surface area contributed by atoms with Crippen LogP contribution in [0.3, 0.4) is 0 Å². The van der Waals surface area contributed by atoms with Crippen LogP contribution in [0.5, 0.6) is 11.5 Å². The van der Waals surface area contributed by atoms with Gasteiger partial charge in [-0.3, -0.25) is 0 Å². The summed E-state index contributed by atoms with van der Waals surface area (Å²) in [5.41, 5.74) is 5.40. The average Bonchev–Trinajstić information content (AvgIpc) is 3.22. The van der Waals surface area contributed by atoms with E-state index in [2.05, 4.69) is 31.0 Å². The molecule has 0 spiro atoms. The average molecular weight is 354 g/mol. The molecule has 2 aromatic carbocycles. The predicted octanol–water partition coefficient (Wildman–Crippen LogP) is 2.96. The summed E-state index contributed by atoms with van der Waals surface area (Å²) in [6, 6.07) is 9.90. The van der Waals surface area contributed by atoms with E-state index in [9.17, 15) is 5.11 Å². The minimum Gasteiger partial charge on any atom is -0.454 e. The Labute approximate surface area is 151 Å². The summed E-state index contributed by atoms with van der Waals surface area (Å²) in [4.78, 5) is 4.42. The Morgan fingerprint density at radius 3 is 2.85 bits per heavy atom. The summed E-state index contributed by atoms with van der Waals surface area (Å²) in [6.07, 6.45) is 1.16. The van der Waals surface area contributed by atoms with Gasteiger partial charge in [-0.25, -0.2) is 4.98 Å². The van der Waals surface area contributed by atoms with Crippen molar-refractivity contribution in [2.45, 2.75) is 33.1 Å². The normalized spacial score (nSPS) is 14.1. The second-order valence-corrected chi connectivity index (χ2v) is 6.68. The highest BCUT2D eigenvalue weighted by atomic mass is 16.7. The molecule has 0 aliphatic carbocycles. The molecule has 0 unspecified atom stereocenters. The lowest BCUT2D eigenvalue weighted by Crippen LogP contribution is -2.21. The molecule has 6 nitrogen and oxygen atoms in total. The second kappa shape index (κ2) is 6.97. The molecule has 0 bridgehead atoms. The zero-order chi connectivity index (χ0) is 18.1. The molecule has 2 heterocycles. The van der Waals surface area contributed by atoms with E-state index in [1.807, 2.05) is 22.8 Å². The first-order chi connectivity index (χ1) is 12.6. The Morgan fingerprint density at radius 2 is 1.96 bits per heavy atom. The van der Waals surface area contributed by atoms with Crippen LogP contribution in [0.25, 0.3) is 11.0 Å². The molecule has 6 heteroatoms. The predicted molar refractivity (Wildman–Crippen MR) is 97.4 cm³/mol. The van der Waals surface area contributed by atoms with Gasteiger partial charge in [0.05, 0.1) is 43.2 Å². The fraction of sp³-hybridized carbons (Fsp3) is 0.350. The molecular formula is C20H22N2O4. The number of benzene rings is 2. The van der Waals surface area contributed by atoms with Gasteiger partial charge in [-0.2, -0.15) is 0 Å². The van der Waals surface area contributed by atoms with Crippen molar-refractivity contribution in [1.82, 2.24) is 9.55 Å². The maximum Gasteiger partial charge on any atom is 0.231 e. The Hall–Kier alpha value is -2.57. The highest BCUT2D eigenvalue weighted by Crippen LogP contribution is 2.32. The highest BCUT2D eigenvalue weighted by Gasteiger charge is 2.14. The summed E-state index contributed by atoms with van der Waals surface area (Å²) in [7, 11) is 0. The van der Waals surface area contributed by atoms with E-state index in [-0.39, 0.29) is 13.4 Å². The molecular weight excluding hydrogens is 332 g/mol. The topological polar surface area (TPSA) is 65.7 Å². The van der Waals surface area contributed by atoms with Crippen LogP contribution < -0.4 is 9.47 Å². The number of aryl methyl sites for hydroxylation is 2. The molecule has 1 aliphatic heterocycles. The maximum absolute atomic E-state index is 10.3. The van der Waals surface area contributed by atoms with Gasteiger partial charge in [0.1, 0.15) is 0 Å². The molecule has 0 saturated carbocycles. The molecule has 4 rings (SSSR count). The largest absolute Gasteiger partial charge is 0.454 e. The minimum atomic E-state index is -0.608. The molecule has 0 saturated heterocycles. The molecule has 26 heavy (non-hydrogen) atoms. The van der Waals surface area contributed by atoms with Gasteiger partial charge in [-0.1, -0.05) is 6.07 Å². The van der Waals surface area contributed by atoms with Crippen molar-refractivity contribution in [2.24, 2.45) is 0 Å². The van der Waals surface area contributed by atoms with Crippen molar-refractivity contribution >= 4 is 11.0 Å². The third-order valence-corrected chi connectivity index (χ3v) is 4.66. The third kappa shape index (κ3) is 3.38. The summed E-state index contributed by atoms with van der Waals surface area (Å²) in [5.74, 6) is 1.49. The zero-order valence-corrected chi connectivity index (χ0v) is 14.9. The molecule has 136 valence electrons. The minimum absolute atomic E-state index is 0.249. The van der Waals surface area contributed by atoms with Crippen LogP contribution in [0.15, 0.2) is 36.7 Å². The number of rotatable bonds is 6. The van der Waals surface area contributed by atoms with Crippen LogP contribution in [0.2, 0.25) is 0 Å². The van der Waals surface area contributed by atoms with Crippen molar-refractivity contribution in [2.75, 3.05) is 13.4 Å². The fourth-order valence-electron chi connectivity index (χ4n) is 3.08. The maximum atomic E-state index is 10.3. The van der Waals surface area contributed by atoms with Crippen LogP contribution in [0.4, 0.5) is 0 Å². The molecule has 0 radical (unpaired) electrons. The SMILES string of the molecule is Cc1cc2ncn(C[C@@H](O)COCc3ccc4c(c3)OCO4)c2cc1C. The summed E-state index contributed by atoms with van der Waals surface area (Å²) < 4.78 is 18.3.